The zero-order chi connectivity index (χ0) is 19.0. The third-order valence-electron chi connectivity index (χ3n) is 4.96. The number of carbonyl (C=O) groups excluding carboxylic acids is 1. The van der Waals surface area contributed by atoms with Gasteiger partial charge in [0.25, 0.3) is 5.91 Å². The maximum absolute atomic E-state index is 12.8. The molecule has 1 aliphatic heterocycles. The maximum atomic E-state index is 12.8. The largest absolute Gasteiger partial charge is 0.408 e. The highest BCUT2D eigenvalue weighted by molar-refractivity contribution is 7.89. The quantitative estimate of drug-likeness (QED) is 0.841. The molecule has 2 aromatic rings. The molecular formula is C18H22N4O4S. The van der Waals surface area contributed by atoms with Gasteiger partial charge in [0, 0.05) is 24.6 Å². The van der Waals surface area contributed by atoms with Crippen molar-refractivity contribution < 1.29 is 17.6 Å². The first kappa shape index (κ1) is 18.1. The Hall–Kier alpha value is -2.26. The summed E-state index contributed by atoms with van der Waals surface area (Å²) in [6.07, 6.45) is 3.97. The van der Waals surface area contributed by atoms with E-state index in [4.69, 9.17) is 4.42 Å². The number of carbonyl (C=O) groups is 1. The average Bonchev–Trinajstić information content (AvgIpc) is 3.41. The van der Waals surface area contributed by atoms with Gasteiger partial charge in [-0.1, -0.05) is 12.0 Å². The molecule has 2 fully saturated rings. The van der Waals surface area contributed by atoms with E-state index < -0.39 is 15.9 Å². The number of anilines is 1. The number of hydrogen-bond acceptors (Lipinski definition) is 6. The molecule has 9 heteroatoms. The molecule has 1 aromatic carbocycles. The third-order valence-corrected chi connectivity index (χ3v) is 6.84. The fourth-order valence-corrected chi connectivity index (χ4v) is 4.84. The Labute approximate surface area is 158 Å². The molecule has 0 unspecified atom stereocenters. The van der Waals surface area contributed by atoms with Crippen LogP contribution in [-0.4, -0.2) is 41.9 Å². The summed E-state index contributed by atoms with van der Waals surface area (Å²) in [7, 11) is -3.53. The fourth-order valence-electron chi connectivity index (χ4n) is 3.24. The minimum Gasteiger partial charge on any atom is -0.408 e. The molecule has 1 aromatic heterocycles. The number of rotatable bonds is 5. The highest BCUT2D eigenvalue weighted by atomic mass is 32.2. The SMILES string of the molecule is C[C@H]1CCCN(S(=O)(=O)c2ccc(C(=O)Nc3nnc(C4CC4)o3)cc2)C1. The van der Waals surface area contributed by atoms with Gasteiger partial charge < -0.3 is 4.42 Å². The van der Waals surface area contributed by atoms with Crippen LogP contribution in [0, 0.1) is 5.92 Å². The van der Waals surface area contributed by atoms with Gasteiger partial charge >= 0.3 is 6.01 Å². The number of hydrogen-bond donors (Lipinski definition) is 1. The van der Waals surface area contributed by atoms with Crippen LogP contribution in [0.4, 0.5) is 6.01 Å². The number of sulfonamides is 1. The van der Waals surface area contributed by atoms with Crippen molar-refractivity contribution in [2.75, 3.05) is 18.4 Å². The molecule has 1 amide bonds. The second-order valence-corrected chi connectivity index (χ2v) is 9.25. The second-order valence-electron chi connectivity index (χ2n) is 7.31. The van der Waals surface area contributed by atoms with Gasteiger partial charge in [-0.2, -0.15) is 4.31 Å². The van der Waals surface area contributed by atoms with Crippen LogP contribution in [0.1, 0.15) is 54.8 Å². The third kappa shape index (κ3) is 3.89. The van der Waals surface area contributed by atoms with Gasteiger partial charge in [0.05, 0.1) is 4.90 Å². The molecule has 0 spiro atoms. The highest BCUT2D eigenvalue weighted by Crippen LogP contribution is 2.39. The molecule has 1 saturated heterocycles. The van der Waals surface area contributed by atoms with Gasteiger partial charge in [-0.15, -0.1) is 5.10 Å². The molecule has 2 aliphatic rings. The van der Waals surface area contributed by atoms with E-state index in [1.807, 2.05) is 0 Å². The van der Waals surface area contributed by atoms with Crippen molar-refractivity contribution in [1.29, 1.82) is 0 Å². The number of amides is 1. The van der Waals surface area contributed by atoms with E-state index >= 15 is 0 Å². The average molecular weight is 390 g/mol. The van der Waals surface area contributed by atoms with Gasteiger partial charge in [-0.3, -0.25) is 10.1 Å². The Morgan fingerprint density at radius 2 is 1.93 bits per heavy atom. The minimum atomic E-state index is -3.53. The number of piperidine rings is 1. The summed E-state index contributed by atoms with van der Waals surface area (Å²) in [5, 5.41) is 10.3. The van der Waals surface area contributed by atoms with E-state index in [9.17, 15) is 13.2 Å². The van der Waals surface area contributed by atoms with Crippen LogP contribution >= 0.6 is 0 Å². The lowest BCUT2D eigenvalue weighted by atomic mass is 10.0. The number of nitrogens with one attached hydrogen (secondary N) is 1. The number of aromatic nitrogens is 2. The molecule has 1 aliphatic carbocycles. The first-order valence-electron chi connectivity index (χ1n) is 9.18. The fraction of sp³-hybridized carbons (Fsp3) is 0.500. The van der Waals surface area contributed by atoms with Crippen molar-refractivity contribution in [3.8, 4) is 0 Å². The Morgan fingerprint density at radius 1 is 1.19 bits per heavy atom. The summed E-state index contributed by atoms with van der Waals surface area (Å²) >= 11 is 0. The minimum absolute atomic E-state index is 0.0564. The Bertz CT molecular complexity index is 935. The van der Waals surface area contributed by atoms with E-state index in [1.165, 1.54) is 28.6 Å². The van der Waals surface area contributed by atoms with Crippen LogP contribution in [0.15, 0.2) is 33.6 Å². The molecule has 4 rings (SSSR count). The van der Waals surface area contributed by atoms with Gasteiger partial charge in [0.1, 0.15) is 0 Å². The summed E-state index contributed by atoms with van der Waals surface area (Å²) in [5.41, 5.74) is 0.326. The topological polar surface area (TPSA) is 105 Å². The van der Waals surface area contributed by atoms with Crippen molar-refractivity contribution in [2.45, 2.75) is 43.4 Å². The van der Waals surface area contributed by atoms with E-state index in [-0.39, 0.29) is 10.9 Å². The maximum Gasteiger partial charge on any atom is 0.322 e. The molecule has 144 valence electrons. The van der Waals surface area contributed by atoms with Crippen molar-refractivity contribution in [2.24, 2.45) is 5.92 Å². The Balaban J connectivity index is 1.45. The monoisotopic (exact) mass is 390 g/mol. The molecule has 1 saturated carbocycles. The van der Waals surface area contributed by atoms with Crippen LogP contribution in [0.3, 0.4) is 0 Å². The first-order valence-corrected chi connectivity index (χ1v) is 10.6. The summed E-state index contributed by atoms with van der Waals surface area (Å²) in [6, 6.07) is 5.97. The van der Waals surface area contributed by atoms with Crippen molar-refractivity contribution in [3.05, 3.63) is 35.7 Å². The Kier molecular flexibility index (Phi) is 4.73. The lowest BCUT2D eigenvalue weighted by Gasteiger charge is -2.30. The molecule has 27 heavy (non-hydrogen) atoms. The van der Waals surface area contributed by atoms with E-state index in [2.05, 4.69) is 22.4 Å². The molecule has 1 atom stereocenters. The molecule has 1 N–H and O–H groups in total. The smallest absolute Gasteiger partial charge is 0.322 e. The van der Waals surface area contributed by atoms with E-state index in [1.54, 1.807) is 0 Å². The second kappa shape index (κ2) is 7.05. The molecular weight excluding hydrogens is 368 g/mol. The molecule has 0 radical (unpaired) electrons. The van der Waals surface area contributed by atoms with Crippen LogP contribution in [0.5, 0.6) is 0 Å². The van der Waals surface area contributed by atoms with Crippen LogP contribution < -0.4 is 5.32 Å². The Morgan fingerprint density at radius 3 is 2.59 bits per heavy atom. The lowest BCUT2D eigenvalue weighted by molar-refractivity contribution is 0.102. The standard InChI is InChI=1S/C18H22N4O4S/c1-12-3-2-10-22(11-12)27(24,25)15-8-6-13(7-9-15)16(23)19-18-21-20-17(26-18)14-4-5-14/h6-9,12,14H,2-5,10-11H2,1H3,(H,19,21,23)/t12-/m0/s1. The van der Waals surface area contributed by atoms with Gasteiger partial charge in [-0.25, -0.2) is 8.42 Å². The lowest BCUT2D eigenvalue weighted by Crippen LogP contribution is -2.39. The van der Waals surface area contributed by atoms with Gasteiger partial charge in [-0.05, 0) is 55.9 Å². The van der Waals surface area contributed by atoms with Crippen LogP contribution in [0.2, 0.25) is 0 Å². The first-order chi connectivity index (χ1) is 12.9. The number of nitrogens with zero attached hydrogens (tertiary/aromatic N) is 3. The van der Waals surface area contributed by atoms with Crippen LogP contribution in [-0.2, 0) is 10.0 Å². The summed E-state index contributed by atoms with van der Waals surface area (Å²) in [6.45, 7) is 3.13. The van der Waals surface area contributed by atoms with Crippen molar-refractivity contribution >= 4 is 21.9 Å². The van der Waals surface area contributed by atoms with Gasteiger partial charge in [0.15, 0.2) is 0 Å². The van der Waals surface area contributed by atoms with E-state index in [0.29, 0.717) is 36.4 Å². The van der Waals surface area contributed by atoms with Gasteiger partial charge in [0.2, 0.25) is 15.9 Å². The molecule has 0 bridgehead atoms. The summed E-state index contributed by atoms with van der Waals surface area (Å²) < 4.78 is 32.5. The number of benzene rings is 1. The normalized spacial score (nSPS) is 21.1. The molecule has 2 heterocycles. The summed E-state index contributed by atoms with van der Waals surface area (Å²) in [5.74, 6) is 0.790. The highest BCUT2D eigenvalue weighted by Gasteiger charge is 2.30. The van der Waals surface area contributed by atoms with E-state index in [0.717, 1.165) is 25.7 Å². The zero-order valence-corrected chi connectivity index (χ0v) is 15.9. The molecule has 8 nitrogen and oxygen atoms in total. The summed E-state index contributed by atoms with van der Waals surface area (Å²) in [4.78, 5) is 12.5. The van der Waals surface area contributed by atoms with Crippen molar-refractivity contribution in [1.82, 2.24) is 14.5 Å². The zero-order valence-electron chi connectivity index (χ0n) is 15.1. The van der Waals surface area contributed by atoms with Crippen LogP contribution in [0.25, 0.3) is 0 Å². The van der Waals surface area contributed by atoms with Crippen molar-refractivity contribution in [3.63, 3.8) is 0 Å². The predicted octanol–water partition coefficient (Wildman–Crippen LogP) is 2.62. The predicted molar refractivity (Wildman–Crippen MR) is 97.8 cm³/mol.